The average Bonchev–Trinajstić information content (AvgIpc) is 2.99. The molecule has 0 saturated heterocycles. The van der Waals surface area contributed by atoms with Crippen LogP contribution in [0.25, 0.3) is 10.9 Å². The van der Waals surface area contributed by atoms with Crippen LogP contribution in [0.5, 0.6) is 0 Å². The van der Waals surface area contributed by atoms with Crippen LogP contribution in [0.2, 0.25) is 10.0 Å². The minimum absolute atomic E-state index is 0.322. The van der Waals surface area contributed by atoms with Gasteiger partial charge in [-0.1, -0.05) is 41.4 Å². The third-order valence-electron chi connectivity index (χ3n) is 4.79. The van der Waals surface area contributed by atoms with Crippen LogP contribution in [0.4, 0.5) is 4.79 Å². The molecule has 1 unspecified atom stereocenters. The molecule has 1 aliphatic heterocycles. The van der Waals surface area contributed by atoms with E-state index in [9.17, 15) is 4.79 Å². The molecule has 4 rings (SSSR count). The van der Waals surface area contributed by atoms with E-state index in [1.807, 2.05) is 49.4 Å². The third-order valence-corrected chi connectivity index (χ3v) is 5.37. The molecule has 1 N–H and O–H groups in total. The first-order valence-electron chi connectivity index (χ1n) is 8.58. The highest BCUT2D eigenvalue weighted by atomic mass is 35.5. The molecule has 0 fully saturated rings. The maximum atomic E-state index is 12.6. The lowest BCUT2D eigenvalue weighted by atomic mass is 9.92. The van der Waals surface area contributed by atoms with Gasteiger partial charge in [0.25, 0.3) is 0 Å². The van der Waals surface area contributed by atoms with Crippen LogP contribution in [0.15, 0.2) is 42.5 Å². The average molecular weight is 389 g/mol. The number of rotatable bonds is 2. The lowest BCUT2D eigenvalue weighted by Crippen LogP contribution is -2.41. The van der Waals surface area contributed by atoms with Gasteiger partial charge in [0.05, 0.1) is 6.61 Å². The van der Waals surface area contributed by atoms with Crippen LogP contribution >= 0.6 is 23.2 Å². The number of nitrogens with zero attached hydrogens (tertiary/aromatic N) is 1. The van der Waals surface area contributed by atoms with Gasteiger partial charge >= 0.3 is 6.09 Å². The van der Waals surface area contributed by atoms with E-state index in [2.05, 4.69) is 4.98 Å². The zero-order valence-electron chi connectivity index (χ0n) is 14.3. The van der Waals surface area contributed by atoms with Crippen molar-refractivity contribution in [1.29, 1.82) is 0 Å². The van der Waals surface area contributed by atoms with Crippen LogP contribution in [0.1, 0.15) is 29.8 Å². The Morgan fingerprint density at radius 1 is 1.27 bits per heavy atom. The summed E-state index contributed by atoms with van der Waals surface area (Å²) in [5.74, 6) is 0. The number of hydrogen-bond acceptors (Lipinski definition) is 2. The summed E-state index contributed by atoms with van der Waals surface area (Å²) in [6.07, 6.45) is 0.398. The van der Waals surface area contributed by atoms with Crippen molar-refractivity contribution < 1.29 is 9.53 Å². The quantitative estimate of drug-likeness (QED) is 0.622. The summed E-state index contributed by atoms with van der Waals surface area (Å²) in [5, 5.41) is 2.41. The van der Waals surface area contributed by atoms with Gasteiger partial charge < -0.3 is 9.72 Å². The van der Waals surface area contributed by atoms with Gasteiger partial charge in [0.2, 0.25) is 0 Å². The van der Waals surface area contributed by atoms with E-state index in [1.54, 1.807) is 4.90 Å². The van der Waals surface area contributed by atoms with Gasteiger partial charge in [0, 0.05) is 33.2 Å². The summed E-state index contributed by atoms with van der Waals surface area (Å²) in [7, 11) is 0. The standard InChI is InChI=1S/C20H18Cl2N2O2/c1-2-26-20(25)24-10-9-13-15-11-12(21)7-8-17(15)23-18(13)19(24)14-5-3-4-6-16(14)22/h3-8,11,19,23H,2,9-10H2,1H3. The molecule has 6 heteroatoms. The molecule has 0 radical (unpaired) electrons. The van der Waals surface area contributed by atoms with E-state index in [-0.39, 0.29) is 12.1 Å². The first kappa shape index (κ1) is 17.3. The molecule has 0 saturated carbocycles. The number of carbonyl (C=O) groups is 1. The van der Waals surface area contributed by atoms with Crippen LogP contribution in [-0.4, -0.2) is 29.1 Å². The summed E-state index contributed by atoms with van der Waals surface area (Å²) in [6.45, 7) is 2.70. The maximum absolute atomic E-state index is 12.6. The molecule has 26 heavy (non-hydrogen) atoms. The SMILES string of the molecule is CCOC(=O)N1CCc2c([nH]c3ccc(Cl)cc23)C1c1ccccc1Cl. The molecule has 0 spiro atoms. The number of H-pyrrole nitrogens is 1. The second kappa shape index (κ2) is 6.86. The predicted molar refractivity (Wildman–Crippen MR) is 104 cm³/mol. The minimum atomic E-state index is -0.334. The summed E-state index contributed by atoms with van der Waals surface area (Å²) in [5.41, 5.74) is 4.02. The number of carbonyl (C=O) groups excluding carboxylic acids is 1. The van der Waals surface area contributed by atoms with Crippen molar-refractivity contribution in [2.75, 3.05) is 13.2 Å². The Hall–Kier alpha value is -2.17. The topological polar surface area (TPSA) is 45.3 Å². The fraction of sp³-hybridized carbons (Fsp3) is 0.250. The van der Waals surface area contributed by atoms with Gasteiger partial charge in [0.15, 0.2) is 0 Å². The molecular formula is C20H18Cl2N2O2. The molecule has 1 aromatic heterocycles. The number of ether oxygens (including phenoxy) is 1. The van der Waals surface area contributed by atoms with Crippen LogP contribution < -0.4 is 0 Å². The second-order valence-corrected chi connectivity index (χ2v) is 7.12. The fourth-order valence-electron chi connectivity index (χ4n) is 3.68. The normalized spacial score (nSPS) is 16.6. The van der Waals surface area contributed by atoms with Crippen LogP contribution in [0.3, 0.4) is 0 Å². The third kappa shape index (κ3) is 2.83. The van der Waals surface area contributed by atoms with E-state index in [0.29, 0.717) is 23.2 Å². The maximum Gasteiger partial charge on any atom is 0.410 e. The van der Waals surface area contributed by atoms with Gasteiger partial charge in [0.1, 0.15) is 6.04 Å². The molecule has 3 aromatic rings. The van der Waals surface area contributed by atoms with Gasteiger partial charge in [-0.05, 0) is 48.7 Å². The zero-order valence-corrected chi connectivity index (χ0v) is 15.8. The number of aromatic amines is 1. The van der Waals surface area contributed by atoms with Crippen molar-refractivity contribution in [2.45, 2.75) is 19.4 Å². The molecular weight excluding hydrogens is 371 g/mol. The Morgan fingerprint density at radius 3 is 2.85 bits per heavy atom. The molecule has 0 aliphatic carbocycles. The van der Waals surface area contributed by atoms with Crippen molar-refractivity contribution in [1.82, 2.24) is 9.88 Å². The van der Waals surface area contributed by atoms with E-state index in [1.165, 1.54) is 5.56 Å². The minimum Gasteiger partial charge on any atom is -0.450 e. The molecule has 1 amide bonds. The van der Waals surface area contributed by atoms with Crippen molar-refractivity contribution in [2.24, 2.45) is 0 Å². The van der Waals surface area contributed by atoms with Crippen LogP contribution in [0, 0.1) is 0 Å². The number of nitrogens with one attached hydrogen (secondary N) is 1. The predicted octanol–water partition coefficient (Wildman–Crippen LogP) is 5.58. The Morgan fingerprint density at radius 2 is 2.08 bits per heavy atom. The lowest BCUT2D eigenvalue weighted by molar-refractivity contribution is 0.0932. The van der Waals surface area contributed by atoms with E-state index >= 15 is 0 Å². The molecule has 4 nitrogen and oxygen atoms in total. The van der Waals surface area contributed by atoms with Crippen molar-refractivity contribution in [3.8, 4) is 0 Å². The number of benzene rings is 2. The monoisotopic (exact) mass is 388 g/mol. The van der Waals surface area contributed by atoms with E-state index in [0.717, 1.165) is 28.6 Å². The second-order valence-electron chi connectivity index (χ2n) is 6.27. The molecule has 0 bridgehead atoms. The van der Waals surface area contributed by atoms with Crippen molar-refractivity contribution in [3.05, 3.63) is 69.3 Å². The number of amides is 1. The Bertz CT molecular complexity index is 983. The number of aromatic nitrogens is 1. The van der Waals surface area contributed by atoms with E-state index in [4.69, 9.17) is 27.9 Å². The highest BCUT2D eigenvalue weighted by Crippen LogP contribution is 2.41. The first-order chi connectivity index (χ1) is 12.6. The Balaban J connectivity index is 1.91. The summed E-state index contributed by atoms with van der Waals surface area (Å²) in [6, 6.07) is 13.1. The van der Waals surface area contributed by atoms with Gasteiger partial charge in [-0.25, -0.2) is 4.79 Å². The number of halogens is 2. The van der Waals surface area contributed by atoms with Crippen LogP contribution in [-0.2, 0) is 11.2 Å². The molecule has 1 aliphatic rings. The first-order valence-corrected chi connectivity index (χ1v) is 9.33. The van der Waals surface area contributed by atoms with Gasteiger partial charge in [-0.15, -0.1) is 0 Å². The van der Waals surface area contributed by atoms with Crippen molar-refractivity contribution in [3.63, 3.8) is 0 Å². The largest absolute Gasteiger partial charge is 0.450 e. The van der Waals surface area contributed by atoms with Crippen molar-refractivity contribution >= 4 is 40.2 Å². The highest BCUT2D eigenvalue weighted by molar-refractivity contribution is 6.31. The summed E-state index contributed by atoms with van der Waals surface area (Å²) >= 11 is 12.7. The Kier molecular flexibility index (Phi) is 4.55. The zero-order chi connectivity index (χ0) is 18.3. The van der Waals surface area contributed by atoms with Gasteiger partial charge in [-0.3, -0.25) is 4.90 Å². The number of hydrogen-bond donors (Lipinski definition) is 1. The summed E-state index contributed by atoms with van der Waals surface area (Å²) in [4.78, 5) is 17.8. The smallest absolute Gasteiger partial charge is 0.410 e. The summed E-state index contributed by atoms with van der Waals surface area (Å²) < 4.78 is 5.29. The molecule has 1 atom stereocenters. The molecule has 2 aromatic carbocycles. The Labute approximate surface area is 161 Å². The number of fused-ring (bicyclic) bond motifs is 3. The molecule has 134 valence electrons. The lowest BCUT2D eigenvalue weighted by Gasteiger charge is -2.35. The van der Waals surface area contributed by atoms with Gasteiger partial charge in [-0.2, -0.15) is 0 Å². The highest BCUT2D eigenvalue weighted by Gasteiger charge is 2.36. The molecule has 2 heterocycles. The fourth-order valence-corrected chi connectivity index (χ4v) is 4.10. The van der Waals surface area contributed by atoms with E-state index < -0.39 is 0 Å².